The van der Waals surface area contributed by atoms with E-state index in [1.165, 1.54) is 0 Å². The van der Waals surface area contributed by atoms with E-state index in [4.69, 9.17) is 23.7 Å². The van der Waals surface area contributed by atoms with Crippen molar-refractivity contribution in [3.05, 3.63) is 0 Å². The van der Waals surface area contributed by atoms with Gasteiger partial charge in [-0.3, -0.25) is 0 Å². The third kappa shape index (κ3) is 6.18. The van der Waals surface area contributed by atoms with Gasteiger partial charge in [0, 0.05) is 26.4 Å². The van der Waals surface area contributed by atoms with Crippen molar-refractivity contribution in [2.24, 2.45) is 0 Å². The molecule has 0 aromatic rings. The van der Waals surface area contributed by atoms with Crippen LogP contribution in [0.3, 0.4) is 0 Å². The highest BCUT2D eigenvalue weighted by molar-refractivity contribution is 4.72. The summed E-state index contributed by atoms with van der Waals surface area (Å²) in [4.78, 5) is 0. The van der Waals surface area contributed by atoms with Gasteiger partial charge in [0.15, 0.2) is 0 Å². The first-order valence-corrected chi connectivity index (χ1v) is 7.97. The van der Waals surface area contributed by atoms with Crippen molar-refractivity contribution >= 4 is 0 Å². The Morgan fingerprint density at radius 1 is 0.667 bits per heavy atom. The molecular formula is C15H32O6. The molecule has 0 radical (unpaired) electrons. The van der Waals surface area contributed by atoms with Crippen molar-refractivity contribution in [1.82, 2.24) is 0 Å². The fraction of sp³-hybridized carbons (Fsp3) is 1.00. The third-order valence-corrected chi connectivity index (χ3v) is 2.78. The average molecular weight is 308 g/mol. The van der Waals surface area contributed by atoms with Gasteiger partial charge in [0.2, 0.25) is 0 Å². The van der Waals surface area contributed by atoms with Gasteiger partial charge in [-0.25, -0.2) is 0 Å². The predicted molar refractivity (Wildman–Crippen MR) is 79.7 cm³/mol. The number of ether oxygens (including phenoxy) is 5. The molecule has 21 heavy (non-hydrogen) atoms. The molecule has 0 aromatic heterocycles. The lowest BCUT2D eigenvalue weighted by Crippen LogP contribution is -2.63. The predicted octanol–water partition coefficient (Wildman–Crippen LogP) is 2.64. The van der Waals surface area contributed by atoms with Crippen LogP contribution in [-0.2, 0) is 23.7 Å². The van der Waals surface area contributed by atoms with Crippen molar-refractivity contribution in [2.45, 2.75) is 65.8 Å². The molecule has 128 valence electrons. The molecule has 0 atom stereocenters. The van der Waals surface area contributed by atoms with E-state index in [1.54, 1.807) is 27.7 Å². The largest absolute Gasteiger partial charge is 0.370 e. The zero-order valence-corrected chi connectivity index (χ0v) is 14.1. The minimum absolute atomic E-state index is 0.233. The molecule has 6 heteroatoms. The van der Waals surface area contributed by atoms with Gasteiger partial charge in [0.25, 0.3) is 0 Å². The summed E-state index contributed by atoms with van der Waals surface area (Å²) in [5.41, 5.74) is 0. The molecule has 0 saturated heterocycles. The second-order valence-corrected chi connectivity index (χ2v) is 4.43. The number of rotatable bonds is 14. The Morgan fingerprint density at radius 2 is 1.14 bits per heavy atom. The summed E-state index contributed by atoms with van der Waals surface area (Å²) >= 11 is 0. The Kier molecular flexibility index (Phi) is 11.2. The van der Waals surface area contributed by atoms with Gasteiger partial charge in [0.05, 0.1) is 6.61 Å². The van der Waals surface area contributed by atoms with Crippen LogP contribution in [0.25, 0.3) is 0 Å². The first-order valence-electron chi connectivity index (χ1n) is 7.97. The molecule has 0 saturated carbocycles. The van der Waals surface area contributed by atoms with Crippen molar-refractivity contribution in [2.75, 3.05) is 33.0 Å². The van der Waals surface area contributed by atoms with E-state index in [9.17, 15) is 5.11 Å². The van der Waals surface area contributed by atoms with Crippen molar-refractivity contribution in [3.8, 4) is 0 Å². The molecule has 0 aliphatic rings. The van der Waals surface area contributed by atoms with E-state index in [1.807, 2.05) is 0 Å². The first kappa shape index (κ1) is 20.8. The molecule has 0 heterocycles. The average Bonchev–Trinajstić information content (AvgIpc) is 2.44. The summed E-state index contributed by atoms with van der Waals surface area (Å²) in [6, 6.07) is 0. The standard InChI is InChI=1S/C15H32O6/c1-6-11-12-13-21-15(19-9-4,20-10-5)14(16,17-7-2)18-8-3/h16H,6-13H2,1-5H3. The molecule has 0 fully saturated rings. The van der Waals surface area contributed by atoms with Crippen molar-refractivity contribution in [3.63, 3.8) is 0 Å². The maximum absolute atomic E-state index is 10.7. The normalized spacial score (nSPS) is 12.9. The Bertz CT molecular complexity index is 234. The van der Waals surface area contributed by atoms with Gasteiger partial charge < -0.3 is 28.8 Å². The smallest absolute Gasteiger partial charge is 0.337 e. The van der Waals surface area contributed by atoms with Crippen LogP contribution in [0.5, 0.6) is 0 Å². The molecule has 0 bridgehead atoms. The molecule has 0 unspecified atom stereocenters. The lowest BCUT2D eigenvalue weighted by atomic mass is 10.3. The monoisotopic (exact) mass is 308 g/mol. The van der Waals surface area contributed by atoms with Crippen LogP contribution in [0.1, 0.15) is 53.9 Å². The highest BCUT2D eigenvalue weighted by Gasteiger charge is 2.58. The molecule has 0 aliphatic carbocycles. The number of hydrogen-bond donors (Lipinski definition) is 1. The Hall–Kier alpha value is -0.240. The van der Waals surface area contributed by atoms with Crippen LogP contribution in [0.4, 0.5) is 0 Å². The van der Waals surface area contributed by atoms with Gasteiger partial charge in [-0.05, 0) is 34.1 Å². The fourth-order valence-corrected chi connectivity index (χ4v) is 1.95. The second-order valence-electron chi connectivity index (χ2n) is 4.43. The maximum Gasteiger partial charge on any atom is 0.370 e. The van der Waals surface area contributed by atoms with Crippen LogP contribution in [0.2, 0.25) is 0 Å². The van der Waals surface area contributed by atoms with E-state index in [0.717, 1.165) is 19.3 Å². The summed E-state index contributed by atoms with van der Waals surface area (Å²) < 4.78 is 27.6. The summed E-state index contributed by atoms with van der Waals surface area (Å²) in [6.45, 7) is 10.6. The lowest BCUT2D eigenvalue weighted by Gasteiger charge is -2.42. The molecule has 0 amide bonds. The quantitative estimate of drug-likeness (QED) is 0.393. The summed E-state index contributed by atoms with van der Waals surface area (Å²) in [7, 11) is 0. The van der Waals surface area contributed by atoms with Crippen LogP contribution < -0.4 is 0 Å². The molecule has 0 rings (SSSR count). The van der Waals surface area contributed by atoms with Gasteiger partial charge >= 0.3 is 11.9 Å². The van der Waals surface area contributed by atoms with Gasteiger partial charge in [0.1, 0.15) is 0 Å². The Labute approximate surface area is 128 Å². The molecule has 6 nitrogen and oxygen atoms in total. The number of unbranched alkanes of at least 4 members (excludes halogenated alkanes) is 2. The molecular weight excluding hydrogens is 276 g/mol. The number of aliphatic hydroxyl groups is 1. The molecule has 1 N–H and O–H groups in total. The van der Waals surface area contributed by atoms with Crippen LogP contribution in [0, 0.1) is 0 Å². The van der Waals surface area contributed by atoms with Crippen LogP contribution in [-0.4, -0.2) is 50.1 Å². The minimum atomic E-state index is -2.10. The topological polar surface area (TPSA) is 66.4 Å². The Morgan fingerprint density at radius 3 is 1.52 bits per heavy atom. The van der Waals surface area contributed by atoms with Gasteiger partial charge in [-0.15, -0.1) is 0 Å². The SMILES string of the molecule is CCCCCOC(OCC)(OCC)C(O)(OCC)OCC. The van der Waals surface area contributed by atoms with E-state index in [0.29, 0.717) is 6.61 Å². The van der Waals surface area contributed by atoms with E-state index >= 15 is 0 Å². The van der Waals surface area contributed by atoms with Crippen LogP contribution in [0.15, 0.2) is 0 Å². The minimum Gasteiger partial charge on any atom is -0.337 e. The zero-order valence-electron chi connectivity index (χ0n) is 14.1. The highest BCUT2D eigenvalue weighted by atomic mass is 17.0. The molecule has 0 aliphatic heterocycles. The Balaban J connectivity index is 5.17. The summed E-state index contributed by atoms with van der Waals surface area (Å²) in [6.07, 6.45) is 2.93. The third-order valence-electron chi connectivity index (χ3n) is 2.78. The van der Waals surface area contributed by atoms with E-state index in [-0.39, 0.29) is 26.4 Å². The van der Waals surface area contributed by atoms with E-state index in [2.05, 4.69) is 6.92 Å². The van der Waals surface area contributed by atoms with Crippen molar-refractivity contribution in [1.29, 1.82) is 0 Å². The highest BCUT2D eigenvalue weighted by Crippen LogP contribution is 2.32. The summed E-state index contributed by atoms with van der Waals surface area (Å²) in [5.74, 6) is -3.88. The van der Waals surface area contributed by atoms with Gasteiger partial charge in [-0.2, -0.15) is 0 Å². The van der Waals surface area contributed by atoms with Gasteiger partial charge in [-0.1, -0.05) is 19.8 Å². The zero-order chi connectivity index (χ0) is 16.2. The second kappa shape index (κ2) is 11.3. The lowest BCUT2D eigenvalue weighted by molar-refractivity contribution is -0.552. The molecule has 0 aromatic carbocycles. The fourth-order valence-electron chi connectivity index (χ4n) is 1.95. The first-order chi connectivity index (χ1) is 10.1. The maximum atomic E-state index is 10.7. The molecule has 0 spiro atoms. The van der Waals surface area contributed by atoms with E-state index < -0.39 is 11.9 Å². The van der Waals surface area contributed by atoms with Crippen LogP contribution >= 0.6 is 0 Å². The van der Waals surface area contributed by atoms with Crippen molar-refractivity contribution < 1.29 is 28.8 Å². The summed E-state index contributed by atoms with van der Waals surface area (Å²) in [5, 5.41) is 10.7. The number of hydrogen-bond acceptors (Lipinski definition) is 6.